The van der Waals surface area contributed by atoms with Crippen molar-refractivity contribution in [2.24, 2.45) is 11.8 Å². The monoisotopic (exact) mass is 712 g/mol. The molecule has 2 aromatic heterocycles. The Labute approximate surface area is 303 Å². The molecule has 2 bridgehead atoms. The average Bonchev–Trinajstić information content (AvgIpc) is 3.69. The molecule has 6 rings (SSSR count). The van der Waals surface area contributed by atoms with Crippen LogP contribution < -0.4 is 26.0 Å². The molecule has 14 nitrogen and oxygen atoms in total. The van der Waals surface area contributed by atoms with E-state index in [1.807, 2.05) is 56.3 Å². The van der Waals surface area contributed by atoms with E-state index in [9.17, 15) is 19.2 Å². The SMILES string of the molecule is Cc1nc2n(n1)CC(=O)N[C@@H](CC(C)C)COc1ccc(cc1)C[C@H](NC(=O)c1cc(C)on1)C(=O)N[C@@H](Cc1ccccc1)C(=O)N[C@H]2C(C)C. The molecule has 0 fully saturated rings. The van der Waals surface area contributed by atoms with Crippen molar-refractivity contribution in [1.82, 2.24) is 41.2 Å². The number of ether oxygens (including phenoxy) is 1. The summed E-state index contributed by atoms with van der Waals surface area (Å²) in [5.41, 5.74) is 1.59. The Hall–Kier alpha value is -5.53. The standard InChI is InChI=1S/C38H48N8O6/c1-22(2)16-28-21-51-29-14-12-27(13-15-29)19-30(42-38(50)32-17-24(5)52-45-32)36(48)41-31(18-26-10-8-7-9-11-26)37(49)43-34(23(3)4)35-39-25(6)44-46(35)20-33(47)40-28/h7-15,17,22-23,28,30-31,34H,16,18-21H2,1-6H3,(H,40,47)(H,41,48)(H,42,50)(H,43,49)/t28-,30-,31-,34-/m0/s1. The fourth-order valence-electron chi connectivity index (χ4n) is 6.15. The Morgan fingerprint density at radius 1 is 0.962 bits per heavy atom. The molecule has 0 unspecified atom stereocenters. The van der Waals surface area contributed by atoms with E-state index in [2.05, 4.69) is 50.4 Å². The summed E-state index contributed by atoms with van der Waals surface area (Å²) < 4.78 is 12.7. The molecule has 4 N–H and O–H groups in total. The second-order valence-electron chi connectivity index (χ2n) is 14.1. The normalized spacial score (nSPS) is 20.4. The zero-order valence-electron chi connectivity index (χ0n) is 30.5. The van der Waals surface area contributed by atoms with Crippen molar-refractivity contribution in [1.29, 1.82) is 0 Å². The van der Waals surface area contributed by atoms with Crippen LogP contribution in [0.15, 0.2) is 65.2 Å². The van der Waals surface area contributed by atoms with Gasteiger partial charge in [-0.3, -0.25) is 19.2 Å². The van der Waals surface area contributed by atoms with Gasteiger partial charge in [-0.2, -0.15) is 5.10 Å². The van der Waals surface area contributed by atoms with E-state index in [4.69, 9.17) is 9.26 Å². The van der Waals surface area contributed by atoms with Gasteiger partial charge in [0.25, 0.3) is 5.91 Å². The van der Waals surface area contributed by atoms with Crippen LogP contribution in [0.1, 0.15) is 79.2 Å². The quantitative estimate of drug-likeness (QED) is 0.223. The van der Waals surface area contributed by atoms with Gasteiger partial charge in [-0.05, 0) is 55.4 Å². The summed E-state index contributed by atoms with van der Waals surface area (Å²) >= 11 is 0. The highest BCUT2D eigenvalue weighted by Crippen LogP contribution is 2.22. The van der Waals surface area contributed by atoms with Crippen LogP contribution in [0, 0.1) is 25.7 Å². The minimum atomic E-state index is -1.08. The Morgan fingerprint density at radius 3 is 2.35 bits per heavy atom. The number of aryl methyl sites for hydroxylation is 2. The molecule has 4 aromatic rings. The summed E-state index contributed by atoms with van der Waals surface area (Å²) in [6.07, 6.45) is 0.962. The summed E-state index contributed by atoms with van der Waals surface area (Å²) in [4.78, 5) is 59.7. The molecule has 0 radical (unpaired) electrons. The Balaban J connectivity index is 1.53. The topological polar surface area (TPSA) is 182 Å². The molecule has 4 atom stereocenters. The lowest BCUT2D eigenvalue weighted by Crippen LogP contribution is -2.55. The number of fused-ring (bicyclic) bond motifs is 14. The number of hydrogen-bond acceptors (Lipinski definition) is 9. The molecule has 0 saturated carbocycles. The smallest absolute Gasteiger partial charge is 0.274 e. The fourth-order valence-corrected chi connectivity index (χ4v) is 6.15. The van der Waals surface area contributed by atoms with Crippen molar-refractivity contribution in [3.63, 3.8) is 0 Å². The third-order valence-electron chi connectivity index (χ3n) is 8.68. The average molecular weight is 713 g/mol. The van der Waals surface area contributed by atoms with Crippen LogP contribution in [-0.2, 0) is 33.8 Å². The van der Waals surface area contributed by atoms with Gasteiger partial charge < -0.3 is 30.5 Å². The van der Waals surface area contributed by atoms with Crippen LogP contribution in [0.25, 0.3) is 0 Å². The van der Waals surface area contributed by atoms with Gasteiger partial charge in [0.2, 0.25) is 17.7 Å². The van der Waals surface area contributed by atoms with Crippen LogP contribution in [0.3, 0.4) is 0 Å². The summed E-state index contributed by atoms with van der Waals surface area (Å²) in [7, 11) is 0. The number of hydrogen-bond donors (Lipinski definition) is 4. The van der Waals surface area contributed by atoms with Crippen molar-refractivity contribution in [3.8, 4) is 5.75 Å². The molecule has 52 heavy (non-hydrogen) atoms. The minimum Gasteiger partial charge on any atom is -0.491 e. The number of nitrogens with zero attached hydrogens (tertiary/aromatic N) is 4. The molecule has 14 heteroatoms. The van der Waals surface area contributed by atoms with Gasteiger partial charge in [-0.1, -0.05) is 75.3 Å². The van der Waals surface area contributed by atoms with Crippen LogP contribution in [0.2, 0.25) is 0 Å². The van der Waals surface area contributed by atoms with E-state index >= 15 is 0 Å². The van der Waals surface area contributed by atoms with Crippen molar-refractivity contribution in [3.05, 3.63) is 94.9 Å². The van der Waals surface area contributed by atoms with Crippen LogP contribution in [0.4, 0.5) is 0 Å². The third kappa shape index (κ3) is 10.3. The maximum Gasteiger partial charge on any atom is 0.274 e. The van der Waals surface area contributed by atoms with E-state index in [0.29, 0.717) is 29.6 Å². The molecule has 0 aliphatic carbocycles. The highest BCUT2D eigenvalue weighted by Gasteiger charge is 2.32. The van der Waals surface area contributed by atoms with Gasteiger partial charge in [-0.15, -0.1) is 0 Å². The van der Waals surface area contributed by atoms with E-state index in [-0.39, 0.29) is 55.5 Å². The second kappa shape index (κ2) is 17.1. The van der Waals surface area contributed by atoms with Gasteiger partial charge in [0.1, 0.15) is 42.6 Å². The molecule has 0 saturated heterocycles. The molecule has 4 heterocycles. The molecule has 4 amide bonds. The van der Waals surface area contributed by atoms with E-state index in [1.54, 1.807) is 26.0 Å². The van der Waals surface area contributed by atoms with Gasteiger partial charge in [0.15, 0.2) is 11.5 Å². The number of amides is 4. The van der Waals surface area contributed by atoms with Gasteiger partial charge >= 0.3 is 0 Å². The van der Waals surface area contributed by atoms with Crippen LogP contribution in [-0.4, -0.2) is 68.3 Å². The lowest BCUT2D eigenvalue weighted by atomic mass is 10.00. The van der Waals surface area contributed by atoms with Crippen LogP contribution >= 0.6 is 0 Å². The van der Waals surface area contributed by atoms with Gasteiger partial charge in [0.05, 0.1) is 12.1 Å². The minimum absolute atomic E-state index is 0.0290. The lowest BCUT2D eigenvalue weighted by Gasteiger charge is -2.27. The van der Waals surface area contributed by atoms with E-state index in [1.165, 1.54) is 10.7 Å². The summed E-state index contributed by atoms with van der Waals surface area (Å²) in [5, 5.41) is 20.2. The summed E-state index contributed by atoms with van der Waals surface area (Å²) in [6.45, 7) is 11.5. The number of nitrogens with one attached hydrogen (secondary N) is 4. The number of benzene rings is 2. The highest BCUT2D eigenvalue weighted by atomic mass is 16.5. The first-order valence-electron chi connectivity index (χ1n) is 17.7. The molecular weight excluding hydrogens is 664 g/mol. The number of carbonyl (C=O) groups is 4. The van der Waals surface area contributed by atoms with Gasteiger partial charge in [-0.25, -0.2) is 9.67 Å². The number of carbonyl (C=O) groups excluding carboxylic acids is 4. The third-order valence-corrected chi connectivity index (χ3v) is 8.68. The van der Waals surface area contributed by atoms with Crippen molar-refractivity contribution >= 4 is 23.6 Å². The van der Waals surface area contributed by atoms with Crippen molar-refractivity contribution < 1.29 is 28.4 Å². The van der Waals surface area contributed by atoms with E-state index in [0.717, 1.165) is 11.1 Å². The lowest BCUT2D eigenvalue weighted by molar-refractivity contribution is -0.130. The largest absolute Gasteiger partial charge is 0.491 e. The molecule has 2 aromatic carbocycles. The molecule has 276 valence electrons. The number of aromatic nitrogens is 4. The van der Waals surface area contributed by atoms with Gasteiger partial charge in [0, 0.05) is 18.9 Å². The predicted molar refractivity (Wildman–Crippen MR) is 192 cm³/mol. The predicted octanol–water partition coefficient (Wildman–Crippen LogP) is 3.39. The summed E-state index contributed by atoms with van der Waals surface area (Å²) in [6, 6.07) is 14.9. The Kier molecular flexibility index (Phi) is 12.4. The first kappa shape index (κ1) is 37.7. The molecule has 2 aliphatic heterocycles. The number of rotatable bonds is 7. The van der Waals surface area contributed by atoms with Crippen molar-refractivity contribution in [2.75, 3.05) is 6.61 Å². The molecule has 0 spiro atoms. The zero-order valence-corrected chi connectivity index (χ0v) is 30.5. The maximum absolute atomic E-state index is 14.2. The first-order valence-corrected chi connectivity index (χ1v) is 17.7. The van der Waals surface area contributed by atoms with E-state index < -0.39 is 35.8 Å². The Bertz CT molecular complexity index is 1840. The first-order chi connectivity index (χ1) is 24.8. The molecular formula is C38H48N8O6. The van der Waals surface area contributed by atoms with Crippen molar-refractivity contribution in [2.45, 2.75) is 91.5 Å². The fraction of sp³-hybridized carbons (Fsp3) is 0.447. The maximum atomic E-state index is 14.2. The highest BCUT2D eigenvalue weighted by molar-refractivity contribution is 5.97. The zero-order chi connectivity index (χ0) is 37.4. The van der Waals surface area contributed by atoms with Crippen LogP contribution in [0.5, 0.6) is 5.75 Å². The molecule has 2 aliphatic rings. The Morgan fingerprint density at radius 2 is 1.69 bits per heavy atom. The summed E-state index contributed by atoms with van der Waals surface area (Å²) in [5.74, 6) is 0.133. The second-order valence-corrected chi connectivity index (χ2v) is 14.1.